The Hall–Kier alpha value is -3.79. The van der Waals surface area contributed by atoms with Crippen LogP contribution in [0, 0.1) is 0 Å². The molecule has 3 heterocycles. The normalized spacial score (nSPS) is 25.1. The Morgan fingerprint density at radius 1 is 1.18 bits per heavy atom. The van der Waals surface area contributed by atoms with Crippen LogP contribution in [0.1, 0.15) is 51.1 Å². The second kappa shape index (κ2) is 12.4. The van der Waals surface area contributed by atoms with Gasteiger partial charge in [-0.05, 0) is 30.9 Å². The zero-order valence-corrected chi connectivity index (χ0v) is 22.0. The molecular formula is C29H33F2N3O5. The fraction of sp³-hybridized carbons (Fsp3) is 0.414. The number of hydrogen-bond donors (Lipinski definition) is 2. The van der Waals surface area contributed by atoms with E-state index in [4.69, 9.17) is 4.74 Å². The number of alkyl halides is 1. The van der Waals surface area contributed by atoms with Crippen molar-refractivity contribution in [2.24, 2.45) is 0 Å². The number of benzene rings is 1. The van der Waals surface area contributed by atoms with Crippen LogP contribution in [0.5, 0.6) is 0 Å². The van der Waals surface area contributed by atoms with Crippen molar-refractivity contribution in [1.82, 2.24) is 15.1 Å². The van der Waals surface area contributed by atoms with Gasteiger partial charge in [-0.3, -0.25) is 14.4 Å². The molecule has 2 fully saturated rings. The highest BCUT2D eigenvalue weighted by Gasteiger charge is 2.45. The van der Waals surface area contributed by atoms with E-state index in [2.05, 4.69) is 5.32 Å². The zero-order chi connectivity index (χ0) is 28.1. The van der Waals surface area contributed by atoms with Gasteiger partial charge in [-0.15, -0.1) is 0 Å². The van der Waals surface area contributed by atoms with E-state index in [1.54, 1.807) is 4.90 Å². The van der Waals surface area contributed by atoms with Gasteiger partial charge < -0.3 is 25.0 Å². The molecule has 1 aromatic carbocycles. The number of Topliss-reactive ketones (excluding diaryl/α,β-unsaturated/α-hetero) is 1. The summed E-state index contributed by atoms with van der Waals surface area (Å²) < 4.78 is 33.7. The summed E-state index contributed by atoms with van der Waals surface area (Å²) in [6.07, 6.45) is 2.08. The molecule has 0 aromatic heterocycles. The average Bonchev–Trinajstić information content (AvgIpc) is 3.18. The molecule has 2 saturated heterocycles. The molecule has 39 heavy (non-hydrogen) atoms. The van der Waals surface area contributed by atoms with Crippen molar-refractivity contribution in [2.45, 2.75) is 58.0 Å². The molecule has 0 saturated carbocycles. The van der Waals surface area contributed by atoms with Gasteiger partial charge in [0.15, 0.2) is 12.0 Å². The first-order valence-corrected chi connectivity index (χ1v) is 13.3. The van der Waals surface area contributed by atoms with Gasteiger partial charge in [-0.1, -0.05) is 50.3 Å². The Labute approximate surface area is 226 Å². The first-order chi connectivity index (χ1) is 18.8. The molecule has 0 spiro atoms. The Kier molecular flexibility index (Phi) is 8.96. The van der Waals surface area contributed by atoms with E-state index in [-0.39, 0.29) is 42.4 Å². The maximum atomic E-state index is 14.2. The lowest BCUT2D eigenvalue weighted by atomic mass is 9.98. The van der Waals surface area contributed by atoms with E-state index in [1.807, 2.05) is 44.2 Å². The highest BCUT2D eigenvalue weighted by Crippen LogP contribution is 2.38. The molecule has 0 bridgehead atoms. The van der Waals surface area contributed by atoms with Gasteiger partial charge in [-0.25, -0.2) is 8.78 Å². The second-order valence-corrected chi connectivity index (χ2v) is 9.36. The first-order valence-electron chi connectivity index (χ1n) is 13.3. The Morgan fingerprint density at radius 2 is 1.92 bits per heavy atom. The largest absolute Gasteiger partial charge is 0.509 e. The van der Waals surface area contributed by atoms with Crippen molar-refractivity contribution in [3.8, 4) is 0 Å². The number of rotatable bonds is 4. The average molecular weight is 542 g/mol. The smallest absolute Gasteiger partial charge is 0.276 e. The highest BCUT2D eigenvalue weighted by atomic mass is 19.1. The molecule has 5 rings (SSSR count). The molecule has 8 nitrogen and oxygen atoms in total. The number of aliphatic hydroxyl groups is 1. The van der Waals surface area contributed by atoms with Crippen LogP contribution >= 0.6 is 0 Å². The molecule has 0 radical (unpaired) electrons. The SMILES string of the molecule is CC.O=C1CC(O)=C2C(=O)N3C(CN2C=C1C(=O)NCC1=CCCC(F)C=C1F)OCCC3c1ccccc1. The molecule has 4 aliphatic rings. The summed E-state index contributed by atoms with van der Waals surface area (Å²) >= 11 is 0. The number of ether oxygens (including phenoxy) is 1. The number of allylic oxidation sites excluding steroid dienone is 3. The number of amides is 2. The lowest BCUT2D eigenvalue weighted by molar-refractivity contribution is -0.173. The number of hydrogen-bond acceptors (Lipinski definition) is 6. The van der Waals surface area contributed by atoms with E-state index in [0.29, 0.717) is 19.4 Å². The Morgan fingerprint density at radius 3 is 2.67 bits per heavy atom. The molecule has 3 aliphatic heterocycles. The Bertz CT molecular complexity index is 1240. The van der Waals surface area contributed by atoms with Crippen LogP contribution in [-0.2, 0) is 19.1 Å². The fourth-order valence-electron chi connectivity index (χ4n) is 5.10. The van der Waals surface area contributed by atoms with Gasteiger partial charge in [0.1, 0.15) is 23.5 Å². The number of nitrogens with one attached hydrogen (secondary N) is 1. The van der Waals surface area contributed by atoms with Crippen LogP contribution < -0.4 is 5.32 Å². The molecule has 208 valence electrons. The van der Waals surface area contributed by atoms with Gasteiger partial charge in [0.05, 0.1) is 31.2 Å². The van der Waals surface area contributed by atoms with Crippen LogP contribution in [0.15, 0.2) is 77.1 Å². The van der Waals surface area contributed by atoms with Crippen molar-refractivity contribution in [3.05, 3.63) is 82.7 Å². The maximum absolute atomic E-state index is 14.2. The van der Waals surface area contributed by atoms with Crippen molar-refractivity contribution in [2.75, 3.05) is 19.7 Å². The zero-order valence-electron chi connectivity index (χ0n) is 22.0. The summed E-state index contributed by atoms with van der Waals surface area (Å²) in [6, 6.07) is 9.25. The van der Waals surface area contributed by atoms with Crippen LogP contribution in [-0.4, -0.2) is 64.6 Å². The van der Waals surface area contributed by atoms with E-state index < -0.39 is 48.0 Å². The number of aliphatic hydroxyl groups excluding tert-OH is 1. The van der Waals surface area contributed by atoms with Crippen molar-refractivity contribution in [3.63, 3.8) is 0 Å². The van der Waals surface area contributed by atoms with Gasteiger partial charge in [-0.2, -0.15) is 0 Å². The third kappa shape index (κ3) is 5.95. The standard InChI is InChI=1S/C27H27F2N3O5.C2H6/c28-18-8-4-7-17(20(29)11-18)13-30-26(35)19-14-31-15-24-32(27(36)25(31)23(34)12-22(19)33)21(9-10-37-24)16-5-2-1-3-6-16;1-2/h1-3,5-7,11,14,18,21,24,34H,4,8-10,12-13,15H2,(H,30,35);1-2H3. The highest BCUT2D eigenvalue weighted by molar-refractivity contribution is 6.20. The minimum absolute atomic E-state index is 0.0757. The minimum Gasteiger partial charge on any atom is -0.509 e. The quantitative estimate of drug-likeness (QED) is 0.552. The van der Waals surface area contributed by atoms with Gasteiger partial charge in [0.25, 0.3) is 11.8 Å². The second-order valence-electron chi connectivity index (χ2n) is 9.36. The number of fused-ring (bicyclic) bond motifs is 2. The van der Waals surface area contributed by atoms with E-state index in [1.165, 1.54) is 17.2 Å². The van der Waals surface area contributed by atoms with Gasteiger partial charge in [0.2, 0.25) is 0 Å². The van der Waals surface area contributed by atoms with Gasteiger partial charge >= 0.3 is 0 Å². The summed E-state index contributed by atoms with van der Waals surface area (Å²) in [7, 11) is 0. The topological polar surface area (TPSA) is 99.2 Å². The van der Waals surface area contributed by atoms with E-state index in [0.717, 1.165) is 11.6 Å². The van der Waals surface area contributed by atoms with E-state index >= 15 is 0 Å². The third-order valence-electron chi connectivity index (χ3n) is 6.95. The lowest BCUT2D eigenvalue weighted by Gasteiger charge is -2.48. The molecule has 10 heteroatoms. The fourth-order valence-corrected chi connectivity index (χ4v) is 5.10. The van der Waals surface area contributed by atoms with Crippen molar-refractivity contribution in [1.29, 1.82) is 0 Å². The van der Waals surface area contributed by atoms with E-state index in [9.17, 15) is 28.3 Å². The van der Waals surface area contributed by atoms with Gasteiger partial charge in [0, 0.05) is 18.3 Å². The maximum Gasteiger partial charge on any atom is 0.276 e. The van der Waals surface area contributed by atoms with Crippen molar-refractivity contribution < 1.29 is 33.0 Å². The molecule has 3 atom stereocenters. The van der Waals surface area contributed by atoms with Crippen LogP contribution in [0.4, 0.5) is 8.78 Å². The summed E-state index contributed by atoms with van der Waals surface area (Å²) in [5.74, 6) is -3.14. The number of carbonyl (C=O) groups excluding carboxylic acids is 3. The third-order valence-corrected chi connectivity index (χ3v) is 6.95. The minimum atomic E-state index is -1.40. The monoisotopic (exact) mass is 541 g/mol. The number of nitrogens with zero attached hydrogens (tertiary/aromatic N) is 2. The predicted octanol–water partition coefficient (Wildman–Crippen LogP) is 4.30. The number of carbonyl (C=O) groups is 3. The van der Waals surface area contributed by atoms with Crippen LogP contribution in [0.2, 0.25) is 0 Å². The first kappa shape index (κ1) is 28.2. The summed E-state index contributed by atoms with van der Waals surface area (Å²) in [5.41, 5.74) is 0.711. The summed E-state index contributed by atoms with van der Waals surface area (Å²) in [4.78, 5) is 42.4. The summed E-state index contributed by atoms with van der Waals surface area (Å²) in [5, 5.41) is 13.3. The molecular weight excluding hydrogens is 508 g/mol. The van der Waals surface area contributed by atoms with Crippen LogP contribution in [0.3, 0.4) is 0 Å². The number of halogens is 2. The van der Waals surface area contributed by atoms with Crippen molar-refractivity contribution >= 4 is 17.6 Å². The molecule has 2 amide bonds. The summed E-state index contributed by atoms with van der Waals surface area (Å²) in [6.45, 7) is 4.29. The Balaban J connectivity index is 0.00000172. The molecule has 1 aliphatic carbocycles. The number of ketones is 1. The molecule has 3 unspecified atom stereocenters. The number of piperazine rings is 1. The lowest BCUT2D eigenvalue weighted by Crippen LogP contribution is -2.58. The van der Waals surface area contributed by atoms with Crippen LogP contribution in [0.25, 0.3) is 0 Å². The predicted molar refractivity (Wildman–Crippen MR) is 140 cm³/mol. The molecule has 2 N–H and O–H groups in total. The molecule has 1 aromatic rings.